The van der Waals surface area contributed by atoms with Crippen LogP contribution >= 0.6 is 0 Å². The third-order valence-electron chi connectivity index (χ3n) is 4.93. The topological polar surface area (TPSA) is 116 Å². The Kier molecular flexibility index (Phi) is 7.55. The number of sulfonamides is 1. The van der Waals surface area contributed by atoms with E-state index < -0.39 is 14.9 Å². The van der Waals surface area contributed by atoms with Crippen molar-refractivity contribution in [2.75, 3.05) is 59.3 Å². The highest BCUT2D eigenvalue weighted by Gasteiger charge is 2.30. The maximum Gasteiger partial charge on any atom is 0.293 e. The summed E-state index contributed by atoms with van der Waals surface area (Å²) < 4.78 is 27.4. The number of nitrogens with zero attached hydrogens (tertiary/aromatic N) is 4. The molecule has 1 fully saturated rings. The summed E-state index contributed by atoms with van der Waals surface area (Å²) in [5.41, 5.74) is 0.121. The lowest BCUT2D eigenvalue weighted by Crippen LogP contribution is -2.40. The number of hydrogen-bond acceptors (Lipinski definition) is 7. The second-order valence-corrected chi connectivity index (χ2v) is 9.37. The molecule has 0 spiro atoms. The smallest absolute Gasteiger partial charge is 0.293 e. The monoisotopic (exact) mass is 427 g/mol. The molecule has 0 unspecified atom stereocenters. The Balaban J connectivity index is 2.19. The Morgan fingerprint density at radius 2 is 1.86 bits per heavy atom. The van der Waals surface area contributed by atoms with Crippen molar-refractivity contribution in [2.45, 2.75) is 17.7 Å². The Labute approximate surface area is 171 Å². The molecule has 2 rings (SSSR count). The first kappa shape index (κ1) is 23.0. The van der Waals surface area contributed by atoms with Gasteiger partial charge in [-0.2, -0.15) is 0 Å². The summed E-state index contributed by atoms with van der Waals surface area (Å²) in [6, 6.07) is 3.97. The number of piperidine rings is 1. The lowest BCUT2D eigenvalue weighted by Gasteiger charge is -2.33. The molecule has 0 saturated carbocycles. The van der Waals surface area contributed by atoms with Crippen molar-refractivity contribution >= 4 is 27.3 Å². The van der Waals surface area contributed by atoms with Crippen molar-refractivity contribution in [3.05, 3.63) is 28.3 Å². The first-order chi connectivity index (χ1) is 13.5. The van der Waals surface area contributed by atoms with Crippen molar-refractivity contribution in [1.82, 2.24) is 14.5 Å². The Hall–Kier alpha value is -2.24. The van der Waals surface area contributed by atoms with Gasteiger partial charge >= 0.3 is 0 Å². The second-order valence-electron chi connectivity index (χ2n) is 7.60. The van der Waals surface area contributed by atoms with Crippen LogP contribution in [0, 0.1) is 16.0 Å². The summed E-state index contributed by atoms with van der Waals surface area (Å²) in [5.74, 6) is -0.0368. The molecule has 29 heavy (non-hydrogen) atoms. The van der Waals surface area contributed by atoms with Crippen LogP contribution in [0.2, 0.25) is 0 Å². The average Bonchev–Trinajstić information content (AvgIpc) is 2.66. The van der Waals surface area contributed by atoms with E-state index in [1.54, 1.807) is 19.0 Å². The molecule has 1 saturated heterocycles. The van der Waals surface area contributed by atoms with Gasteiger partial charge in [0, 0.05) is 52.3 Å². The van der Waals surface area contributed by atoms with Gasteiger partial charge < -0.3 is 14.7 Å². The summed E-state index contributed by atoms with van der Waals surface area (Å²) in [6.07, 6.45) is 1.20. The van der Waals surface area contributed by atoms with Crippen LogP contribution in [-0.2, 0) is 14.8 Å². The van der Waals surface area contributed by atoms with Gasteiger partial charge in [0.2, 0.25) is 15.9 Å². The number of amides is 1. The van der Waals surface area contributed by atoms with Crippen LogP contribution < -0.4 is 9.62 Å². The van der Waals surface area contributed by atoms with E-state index in [9.17, 15) is 23.3 Å². The number of nitro groups is 1. The van der Waals surface area contributed by atoms with Crippen LogP contribution in [0.3, 0.4) is 0 Å². The minimum absolute atomic E-state index is 0.0596. The molecule has 162 valence electrons. The SMILES string of the molecule is CN(C)CCNS(=O)(=O)c1ccc(N2CCC(C(=O)N(C)C)CC2)c([N+](=O)[O-])c1. The maximum atomic E-state index is 12.4. The van der Waals surface area contributed by atoms with E-state index in [2.05, 4.69) is 4.72 Å². The summed E-state index contributed by atoms with van der Waals surface area (Å²) in [5, 5.41) is 11.6. The molecule has 0 atom stereocenters. The third-order valence-corrected chi connectivity index (χ3v) is 6.39. The molecule has 1 amide bonds. The van der Waals surface area contributed by atoms with Gasteiger partial charge in [-0.05, 0) is 39.1 Å². The molecular formula is C18H29N5O5S. The summed E-state index contributed by atoms with van der Waals surface area (Å²) in [7, 11) is 3.23. The molecule has 0 bridgehead atoms. The van der Waals surface area contributed by atoms with E-state index in [1.165, 1.54) is 12.1 Å². The number of carbonyl (C=O) groups is 1. The van der Waals surface area contributed by atoms with Crippen molar-refractivity contribution in [3.8, 4) is 0 Å². The number of carbonyl (C=O) groups excluding carboxylic acids is 1. The van der Waals surface area contributed by atoms with Gasteiger partial charge in [-0.15, -0.1) is 0 Å². The molecule has 1 heterocycles. The predicted molar refractivity (Wildman–Crippen MR) is 110 cm³/mol. The first-order valence-corrected chi connectivity index (χ1v) is 10.9. The molecule has 10 nitrogen and oxygen atoms in total. The third kappa shape index (κ3) is 5.87. The van der Waals surface area contributed by atoms with Crippen LogP contribution in [0.4, 0.5) is 11.4 Å². The van der Waals surface area contributed by atoms with Gasteiger partial charge in [-0.25, -0.2) is 13.1 Å². The number of hydrogen-bond donors (Lipinski definition) is 1. The number of likely N-dealkylation sites (N-methyl/N-ethyl adjacent to an activating group) is 1. The van der Waals surface area contributed by atoms with Crippen LogP contribution in [0.25, 0.3) is 0 Å². The predicted octanol–water partition coefficient (Wildman–Crippen LogP) is 0.739. The zero-order valence-corrected chi connectivity index (χ0v) is 18.1. The fraction of sp³-hybridized carbons (Fsp3) is 0.611. The molecule has 0 aromatic heterocycles. The molecule has 1 aliphatic rings. The van der Waals surface area contributed by atoms with E-state index in [0.29, 0.717) is 38.2 Å². The lowest BCUT2D eigenvalue weighted by atomic mass is 9.95. The number of benzene rings is 1. The fourth-order valence-corrected chi connectivity index (χ4v) is 4.34. The zero-order chi connectivity index (χ0) is 21.8. The van der Waals surface area contributed by atoms with Gasteiger partial charge in [0.25, 0.3) is 5.69 Å². The molecule has 1 aliphatic heterocycles. The van der Waals surface area contributed by atoms with E-state index in [1.807, 2.05) is 23.9 Å². The molecule has 1 aromatic carbocycles. The summed E-state index contributed by atoms with van der Waals surface area (Å²) in [4.78, 5) is 28.3. The number of nitrogens with one attached hydrogen (secondary N) is 1. The van der Waals surface area contributed by atoms with Gasteiger partial charge in [0.05, 0.1) is 9.82 Å². The number of anilines is 1. The number of nitro benzene ring substituents is 1. The van der Waals surface area contributed by atoms with Gasteiger partial charge in [0.1, 0.15) is 5.69 Å². The zero-order valence-electron chi connectivity index (χ0n) is 17.3. The maximum absolute atomic E-state index is 12.4. The van der Waals surface area contributed by atoms with Gasteiger partial charge in [0.15, 0.2) is 0 Å². The van der Waals surface area contributed by atoms with Crippen molar-refractivity contribution < 1.29 is 18.1 Å². The highest BCUT2D eigenvalue weighted by molar-refractivity contribution is 7.89. The van der Waals surface area contributed by atoms with E-state index in [0.717, 1.165) is 6.07 Å². The summed E-state index contributed by atoms with van der Waals surface area (Å²) >= 11 is 0. The lowest BCUT2D eigenvalue weighted by molar-refractivity contribution is -0.384. The highest BCUT2D eigenvalue weighted by Crippen LogP contribution is 2.33. The molecule has 0 radical (unpaired) electrons. The molecule has 1 N–H and O–H groups in total. The van der Waals surface area contributed by atoms with Crippen molar-refractivity contribution in [2.24, 2.45) is 5.92 Å². The molecule has 1 aromatic rings. The molecule has 0 aliphatic carbocycles. The normalized spacial score (nSPS) is 15.6. The van der Waals surface area contributed by atoms with Crippen molar-refractivity contribution in [1.29, 1.82) is 0 Å². The average molecular weight is 428 g/mol. The van der Waals surface area contributed by atoms with E-state index in [4.69, 9.17) is 0 Å². The van der Waals surface area contributed by atoms with Gasteiger partial charge in [-0.3, -0.25) is 14.9 Å². The van der Waals surface area contributed by atoms with Crippen LogP contribution in [0.1, 0.15) is 12.8 Å². The summed E-state index contributed by atoms with van der Waals surface area (Å²) in [6.45, 7) is 1.72. The van der Waals surface area contributed by atoms with Crippen LogP contribution in [0.15, 0.2) is 23.1 Å². The standard InChI is InChI=1S/C18H29N5O5S/c1-20(2)12-9-19-29(27,28)15-5-6-16(17(13-15)23(25)26)22-10-7-14(8-11-22)18(24)21(3)4/h5-6,13-14,19H,7-12H2,1-4H3. The minimum atomic E-state index is -3.84. The van der Waals surface area contributed by atoms with E-state index in [-0.39, 0.29) is 29.0 Å². The first-order valence-electron chi connectivity index (χ1n) is 9.42. The Bertz CT molecular complexity index is 848. The van der Waals surface area contributed by atoms with Crippen molar-refractivity contribution in [3.63, 3.8) is 0 Å². The minimum Gasteiger partial charge on any atom is -0.366 e. The Morgan fingerprint density at radius 1 is 1.24 bits per heavy atom. The number of rotatable bonds is 8. The Morgan fingerprint density at radius 3 is 2.38 bits per heavy atom. The molecular weight excluding hydrogens is 398 g/mol. The quantitative estimate of drug-likeness (QED) is 0.480. The van der Waals surface area contributed by atoms with Crippen LogP contribution in [0.5, 0.6) is 0 Å². The molecule has 11 heteroatoms. The van der Waals surface area contributed by atoms with Gasteiger partial charge in [-0.1, -0.05) is 0 Å². The van der Waals surface area contributed by atoms with Crippen LogP contribution in [-0.4, -0.2) is 83.4 Å². The highest BCUT2D eigenvalue weighted by atomic mass is 32.2. The van der Waals surface area contributed by atoms with E-state index >= 15 is 0 Å². The fourth-order valence-electron chi connectivity index (χ4n) is 3.30. The largest absolute Gasteiger partial charge is 0.366 e. The second kappa shape index (κ2) is 9.51.